The van der Waals surface area contributed by atoms with Crippen LogP contribution in [-0.2, 0) is 9.59 Å². The van der Waals surface area contributed by atoms with E-state index >= 15 is 0 Å². The molecule has 29 heavy (non-hydrogen) atoms. The van der Waals surface area contributed by atoms with Gasteiger partial charge in [-0.25, -0.2) is 4.98 Å². The second-order valence-corrected chi connectivity index (χ2v) is 8.50. The van der Waals surface area contributed by atoms with Crippen molar-refractivity contribution in [3.63, 3.8) is 0 Å². The van der Waals surface area contributed by atoms with Gasteiger partial charge in [0.25, 0.3) is 0 Å². The van der Waals surface area contributed by atoms with E-state index in [1.165, 1.54) is 30.0 Å². The number of amides is 2. The van der Waals surface area contributed by atoms with Crippen LogP contribution in [0.2, 0.25) is 0 Å². The number of nitrogens with zero attached hydrogens (tertiary/aromatic N) is 1. The average Bonchev–Trinajstić information content (AvgIpc) is 3.17. The molecule has 3 aromatic rings. The molecule has 0 aliphatic rings. The van der Waals surface area contributed by atoms with Gasteiger partial charge in [-0.2, -0.15) is 0 Å². The molecule has 6 nitrogen and oxygen atoms in total. The molecular formula is C21H21N3O3S2. The van der Waals surface area contributed by atoms with E-state index in [9.17, 15) is 9.59 Å². The molecule has 150 valence electrons. The summed E-state index contributed by atoms with van der Waals surface area (Å²) in [6, 6.07) is 15.0. The summed E-state index contributed by atoms with van der Waals surface area (Å²) in [6.45, 7) is 3.31. The summed E-state index contributed by atoms with van der Waals surface area (Å²) in [7, 11) is 1.62. The van der Waals surface area contributed by atoms with Gasteiger partial charge in [0.2, 0.25) is 11.8 Å². The molecule has 0 radical (unpaired) electrons. The van der Waals surface area contributed by atoms with Crippen molar-refractivity contribution in [2.45, 2.75) is 24.0 Å². The number of nitrogens with one attached hydrogen (secondary N) is 2. The van der Waals surface area contributed by atoms with E-state index < -0.39 is 0 Å². The quantitative estimate of drug-likeness (QED) is 0.525. The number of carbonyl (C=O) groups excluding carboxylic acids is 2. The Labute approximate surface area is 177 Å². The maximum Gasteiger partial charge on any atom is 0.239 e. The van der Waals surface area contributed by atoms with Crippen molar-refractivity contribution in [3.8, 4) is 17.0 Å². The molecule has 1 atom stereocenters. The number of hydrogen-bond acceptors (Lipinski definition) is 6. The van der Waals surface area contributed by atoms with Crippen LogP contribution in [0, 0.1) is 0 Å². The summed E-state index contributed by atoms with van der Waals surface area (Å²) in [4.78, 5) is 29.1. The third-order valence-corrected chi connectivity index (χ3v) is 5.83. The van der Waals surface area contributed by atoms with Crippen molar-refractivity contribution in [2.75, 3.05) is 17.7 Å². The topological polar surface area (TPSA) is 80.3 Å². The van der Waals surface area contributed by atoms with Crippen LogP contribution in [0.1, 0.15) is 13.8 Å². The van der Waals surface area contributed by atoms with E-state index in [1.54, 1.807) is 7.11 Å². The van der Waals surface area contributed by atoms with E-state index in [1.807, 2.05) is 60.8 Å². The number of aromatic nitrogens is 1. The van der Waals surface area contributed by atoms with Gasteiger partial charge in [-0.3, -0.25) is 9.59 Å². The number of ether oxygens (including phenoxy) is 1. The van der Waals surface area contributed by atoms with Gasteiger partial charge in [0.1, 0.15) is 5.75 Å². The second kappa shape index (κ2) is 9.58. The van der Waals surface area contributed by atoms with Crippen molar-refractivity contribution in [3.05, 3.63) is 53.9 Å². The fourth-order valence-electron chi connectivity index (χ4n) is 2.53. The van der Waals surface area contributed by atoms with Crippen molar-refractivity contribution in [1.29, 1.82) is 0 Å². The number of carbonyl (C=O) groups is 2. The molecule has 8 heteroatoms. The van der Waals surface area contributed by atoms with Crippen LogP contribution >= 0.6 is 23.1 Å². The predicted octanol–water partition coefficient (Wildman–Crippen LogP) is 4.90. The summed E-state index contributed by atoms with van der Waals surface area (Å²) in [5.41, 5.74) is 2.45. The Morgan fingerprint density at radius 1 is 1.14 bits per heavy atom. The van der Waals surface area contributed by atoms with Crippen LogP contribution in [0.3, 0.4) is 0 Å². The SMILES string of the molecule is COc1cccc(-c2csc(NC(=O)C(C)Sc3ccc(NC(C)=O)cc3)n2)c1. The number of anilines is 2. The summed E-state index contributed by atoms with van der Waals surface area (Å²) in [6.07, 6.45) is 0. The molecular weight excluding hydrogens is 406 g/mol. The lowest BCUT2D eigenvalue weighted by Crippen LogP contribution is -2.22. The molecule has 0 bridgehead atoms. The second-order valence-electron chi connectivity index (χ2n) is 6.22. The molecule has 0 saturated carbocycles. The minimum atomic E-state index is -0.300. The van der Waals surface area contributed by atoms with Crippen LogP contribution in [0.5, 0.6) is 5.75 Å². The third-order valence-electron chi connectivity index (χ3n) is 3.96. The normalized spacial score (nSPS) is 11.6. The molecule has 0 aliphatic heterocycles. The molecule has 0 fully saturated rings. The van der Waals surface area contributed by atoms with Crippen molar-refractivity contribution in [1.82, 2.24) is 4.98 Å². The minimum Gasteiger partial charge on any atom is -0.497 e. The first kappa shape index (κ1) is 20.9. The Hall–Kier alpha value is -2.84. The Morgan fingerprint density at radius 2 is 1.90 bits per heavy atom. The van der Waals surface area contributed by atoms with Gasteiger partial charge in [0.05, 0.1) is 18.1 Å². The fourth-order valence-corrected chi connectivity index (χ4v) is 4.12. The number of methoxy groups -OCH3 is 1. The van der Waals surface area contributed by atoms with Gasteiger partial charge in [-0.05, 0) is 43.3 Å². The number of hydrogen-bond donors (Lipinski definition) is 2. The van der Waals surface area contributed by atoms with Crippen LogP contribution in [0.15, 0.2) is 58.8 Å². The maximum absolute atomic E-state index is 12.5. The highest BCUT2D eigenvalue weighted by atomic mass is 32.2. The summed E-state index contributed by atoms with van der Waals surface area (Å²) >= 11 is 2.83. The number of rotatable bonds is 7. The Balaban J connectivity index is 1.59. The first-order chi connectivity index (χ1) is 13.9. The van der Waals surface area contributed by atoms with E-state index in [0.717, 1.165) is 27.6 Å². The number of thiazole rings is 1. The zero-order valence-corrected chi connectivity index (χ0v) is 17.9. The number of benzene rings is 2. The molecule has 0 aliphatic carbocycles. The van der Waals surface area contributed by atoms with E-state index in [-0.39, 0.29) is 17.1 Å². The third kappa shape index (κ3) is 5.82. The van der Waals surface area contributed by atoms with E-state index in [2.05, 4.69) is 15.6 Å². The molecule has 2 aromatic carbocycles. The average molecular weight is 428 g/mol. The molecule has 0 saturated heterocycles. The van der Waals surface area contributed by atoms with Crippen molar-refractivity contribution in [2.24, 2.45) is 0 Å². The minimum absolute atomic E-state index is 0.116. The van der Waals surface area contributed by atoms with Crippen molar-refractivity contribution < 1.29 is 14.3 Å². The highest BCUT2D eigenvalue weighted by Gasteiger charge is 2.16. The van der Waals surface area contributed by atoms with Gasteiger partial charge in [-0.15, -0.1) is 23.1 Å². The van der Waals surface area contributed by atoms with E-state index in [4.69, 9.17) is 4.74 Å². The van der Waals surface area contributed by atoms with E-state index in [0.29, 0.717) is 5.13 Å². The first-order valence-corrected chi connectivity index (χ1v) is 10.7. The predicted molar refractivity (Wildman–Crippen MR) is 119 cm³/mol. The van der Waals surface area contributed by atoms with Crippen LogP contribution in [-0.4, -0.2) is 29.2 Å². The van der Waals surface area contributed by atoms with Gasteiger partial charge < -0.3 is 15.4 Å². The summed E-state index contributed by atoms with van der Waals surface area (Å²) in [5, 5.41) is 7.76. The zero-order valence-electron chi connectivity index (χ0n) is 16.3. The Kier molecular flexibility index (Phi) is 6.90. The lowest BCUT2D eigenvalue weighted by molar-refractivity contribution is -0.115. The van der Waals surface area contributed by atoms with Crippen molar-refractivity contribution >= 4 is 45.7 Å². The molecule has 2 N–H and O–H groups in total. The lowest BCUT2D eigenvalue weighted by Gasteiger charge is -2.11. The molecule has 1 heterocycles. The number of thioether (sulfide) groups is 1. The smallest absolute Gasteiger partial charge is 0.239 e. The molecule has 1 unspecified atom stereocenters. The largest absolute Gasteiger partial charge is 0.497 e. The molecule has 2 amide bonds. The van der Waals surface area contributed by atoms with Crippen LogP contribution < -0.4 is 15.4 Å². The summed E-state index contributed by atoms with van der Waals surface area (Å²) < 4.78 is 5.24. The Morgan fingerprint density at radius 3 is 2.59 bits per heavy atom. The molecule has 3 rings (SSSR count). The summed E-state index contributed by atoms with van der Waals surface area (Å²) in [5.74, 6) is 0.526. The first-order valence-electron chi connectivity index (χ1n) is 8.89. The maximum atomic E-state index is 12.5. The van der Waals surface area contributed by atoms with Gasteiger partial charge in [0, 0.05) is 28.5 Å². The standard InChI is InChI=1S/C21H21N3O3S2/c1-13(29-18-9-7-16(8-10-18)22-14(2)25)20(26)24-21-23-19(12-28-21)15-5-4-6-17(11-15)27-3/h4-13H,1-3H3,(H,22,25)(H,23,24,26). The highest BCUT2D eigenvalue weighted by molar-refractivity contribution is 8.00. The fraction of sp³-hybridized carbons (Fsp3) is 0.190. The monoisotopic (exact) mass is 427 g/mol. The van der Waals surface area contributed by atoms with Gasteiger partial charge in [-0.1, -0.05) is 12.1 Å². The molecule has 1 aromatic heterocycles. The van der Waals surface area contributed by atoms with Crippen LogP contribution in [0.4, 0.5) is 10.8 Å². The lowest BCUT2D eigenvalue weighted by atomic mass is 10.2. The highest BCUT2D eigenvalue weighted by Crippen LogP contribution is 2.29. The molecule has 0 spiro atoms. The van der Waals surface area contributed by atoms with Gasteiger partial charge in [0.15, 0.2) is 5.13 Å². The Bertz CT molecular complexity index is 1000. The van der Waals surface area contributed by atoms with Gasteiger partial charge >= 0.3 is 0 Å². The van der Waals surface area contributed by atoms with Crippen LogP contribution in [0.25, 0.3) is 11.3 Å². The zero-order chi connectivity index (χ0) is 20.8.